The number of hydrogen-bond donors (Lipinski definition) is 1. The highest BCUT2D eigenvalue weighted by Crippen LogP contribution is 2.27. The molecule has 0 unspecified atom stereocenters. The summed E-state index contributed by atoms with van der Waals surface area (Å²) in [6, 6.07) is 11.3. The van der Waals surface area contributed by atoms with E-state index in [0.717, 1.165) is 5.56 Å². The predicted octanol–water partition coefficient (Wildman–Crippen LogP) is 3.56. The highest BCUT2D eigenvalue weighted by molar-refractivity contribution is 6.32. The number of anilines is 1. The summed E-state index contributed by atoms with van der Waals surface area (Å²) in [6.07, 6.45) is 0. The van der Waals surface area contributed by atoms with Crippen LogP contribution in [0.25, 0.3) is 0 Å². The fourth-order valence-electron chi connectivity index (χ4n) is 2.15. The quantitative estimate of drug-likeness (QED) is 0.877. The minimum absolute atomic E-state index is 0.157. The van der Waals surface area contributed by atoms with Crippen molar-refractivity contribution in [3.63, 3.8) is 0 Å². The number of carbonyl (C=O) groups excluding carboxylic acids is 1. The number of amides is 1. The van der Waals surface area contributed by atoms with Crippen LogP contribution >= 0.6 is 11.6 Å². The smallest absolute Gasteiger partial charge is 0.238 e. The van der Waals surface area contributed by atoms with Crippen molar-refractivity contribution < 1.29 is 13.9 Å². The Bertz CT molecular complexity index is 677. The van der Waals surface area contributed by atoms with Crippen LogP contribution in [0.3, 0.4) is 0 Å². The van der Waals surface area contributed by atoms with Crippen LogP contribution in [-0.4, -0.2) is 31.5 Å². The van der Waals surface area contributed by atoms with Crippen molar-refractivity contribution in [3.05, 3.63) is 58.9 Å². The lowest BCUT2D eigenvalue weighted by Crippen LogP contribution is -2.29. The number of hydrogen-bond acceptors (Lipinski definition) is 3. The first-order valence-electron chi connectivity index (χ1n) is 7.04. The van der Waals surface area contributed by atoms with Gasteiger partial charge in [-0.05, 0) is 42.9 Å². The topological polar surface area (TPSA) is 41.6 Å². The molecule has 122 valence electrons. The molecule has 2 aromatic rings. The zero-order chi connectivity index (χ0) is 16.8. The van der Waals surface area contributed by atoms with Crippen molar-refractivity contribution in [2.75, 3.05) is 26.0 Å². The summed E-state index contributed by atoms with van der Waals surface area (Å²) in [5.74, 6) is 0.125. The van der Waals surface area contributed by atoms with Crippen LogP contribution in [0.15, 0.2) is 42.5 Å². The van der Waals surface area contributed by atoms with E-state index in [2.05, 4.69) is 5.32 Å². The average Bonchev–Trinajstić information content (AvgIpc) is 2.49. The molecule has 1 N–H and O–H groups in total. The summed E-state index contributed by atoms with van der Waals surface area (Å²) in [7, 11) is 3.35. The molecule has 0 heterocycles. The lowest BCUT2D eigenvalue weighted by Gasteiger charge is -2.16. The first-order valence-corrected chi connectivity index (χ1v) is 7.42. The lowest BCUT2D eigenvalue weighted by molar-refractivity contribution is -0.117. The third-order valence-corrected chi connectivity index (χ3v) is 3.51. The van der Waals surface area contributed by atoms with Crippen molar-refractivity contribution in [1.82, 2.24) is 4.90 Å². The molecule has 0 bridgehead atoms. The fourth-order valence-corrected chi connectivity index (χ4v) is 2.40. The molecular formula is C17H18ClFN2O2. The van der Waals surface area contributed by atoms with Crippen molar-refractivity contribution in [1.29, 1.82) is 0 Å². The number of rotatable bonds is 6. The molecule has 2 aromatic carbocycles. The first kappa shape index (κ1) is 17.2. The normalized spacial score (nSPS) is 10.7. The Morgan fingerprint density at radius 2 is 1.96 bits per heavy atom. The van der Waals surface area contributed by atoms with E-state index in [-0.39, 0.29) is 18.3 Å². The van der Waals surface area contributed by atoms with Gasteiger partial charge in [-0.1, -0.05) is 23.7 Å². The van der Waals surface area contributed by atoms with Gasteiger partial charge in [0.1, 0.15) is 11.6 Å². The number of nitrogens with zero attached hydrogens (tertiary/aromatic N) is 1. The summed E-state index contributed by atoms with van der Waals surface area (Å²) in [5.41, 5.74) is 1.55. The van der Waals surface area contributed by atoms with Crippen molar-refractivity contribution in [2.24, 2.45) is 0 Å². The summed E-state index contributed by atoms with van der Waals surface area (Å²) in [4.78, 5) is 13.9. The van der Waals surface area contributed by atoms with Crippen LogP contribution in [-0.2, 0) is 11.3 Å². The molecule has 0 aliphatic heterocycles. The van der Waals surface area contributed by atoms with Crippen LogP contribution in [0.2, 0.25) is 5.02 Å². The molecule has 1 amide bonds. The van der Waals surface area contributed by atoms with E-state index in [9.17, 15) is 9.18 Å². The third kappa shape index (κ3) is 5.23. The van der Waals surface area contributed by atoms with Gasteiger partial charge in [0, 0.05) is 12.2 Å². The van der Waals surface area contributed by atoms with Crippen molar-refractivity contribution in [2.45, 2.75) is 6.54 Å². The first-order chi connectivity index (χ1) is 11.0. The molecule has 0 spiro atoms. The molecule has 0 saturated heterocycles. The van der Waals surface area contributed by atoms with E-state index >= 15 is 0 Å². The second-order valence-electron chi connectivity index (χ2n) is 5.20. The van der Waals surface area contributed by atoms with E-state index in [1.165, 1.54) is 19.2 Å². The second kappa shape index (κ2) is 7.94. The molecule has 2 rings (SSSR count). The molecule has 0 aliphatic rings. The SMILES string of the molecule is COc1ccc(NC(=O)CN(C)Cc2ccc(F)cc2)cc1Cl. The number of ether oxygens (including phenoxy) is 1. The van der Waals surface area contributed by atoms with Gasteiger partial charge in [0.2, 0.25) is 5.91 Å². The van der Waals surface area contributed by atoms with Crippen molar-refractivity contribution >= 4 is 23.2 Å². The molecule has 0 saturated carbocycles. The highest BCUT2D eigenvalue weighted by Gasteiger charge is 2.09. The van der Waals surface area contributed by atoms with Gasteiger partial charge in [-0.25, -0.2) is 4.39 Å². The summed E-state index contributed by atoms with van der Waals surface area (Å²) in [6.45, 7) is 0.762. The van der Waals surface area contributed by atoms with Gasteiger partial charge in [-0.2, -0.15) is 0 Å². The summed E-state index contributed by atoms with van der Waals surface area (Å²) in [5, 5.41) is 3.21. The molecule has 0 radical (unpaired) electrons. The Balaban J connectivity index is 1.88. The maximum absolute atomic E-state index is 12.9. The maximum atomic E-state index is 12.9. The third-order valence-electron chi connectivity index (χ3n) is 3.21. The zero-order valence-electron chi connectivity index (χ0n) is 13.0. The zero-order valence-corrected chi connectivity index (χ0v) is 13.7. The van der Waals surface area contributed by atoms with E-state index in [0.29, 0.717) is 23.0 Å². The van der Waals surface area contributed by atoms with Crippen molar-refractivity contribution in [3.8, 4) is 5.75 Å². The van der Waals surface area contributed by atoms with Gasteiger partial charge >= 0.3 is 0 Å². The minimum Gasteiger partial charge on any atom is -0.495 e. The van der Waals surface area contributed by atoms with Crippen LogP contribution < -0.4 is 10.1 Å². The minimum atomic E-state index is -0.273. The van der Waals surface area contributed by atoms with Crippen LogP contribution in [0.4, 0.5) is 10.1 Å². The number of methoxy groups -OCH3 is 1. The van der Waals surface area contributed by atoms with Crippen LogP contribution in [0, 0.1) is 5.82 Å². The Labute approximate surface area is 139 Å². The fraction of sp³-hybridized carbons (Fsp3) is 0.235. The van der Waals surface area contributed by atoms with Gasteiger partial charge in [-0.15, -0.1) is 0 Å². The predicted molar refractivity (Wildman–Crippen MR) is 89.4 cm³/mol. The molecule has 4 nitrogen and oxygen atoms in total. The standard InChI is InChI=1S/C17H18ClFN2O2/c1-21(10-12-3-5-13(19)6-4-12)11-17(22)20-14-7-8-16(23-2)15(18)9-14/h3-9H,10-11H2,1-2H3,(H,20,22). The van der Waals surface area contributed by atoms with E-state index < -0.39 is 0 Å². The van der Waals surface area contributed by atoms with E-state index in [1.807, 2.05) is 11.9 Å². The molecule has 0 atom stereocenters. The van der Waals surface area contributed by atoms with Gasteiger partial charge in [0.05, 0.1) is 18.7 Å². The summed E-state index contributed by atoms with van der Waals surface area (Å²) < 4.78 is 17.9. The summed E-state index contributed by atoms with van der Waals surface area (Å²) >= 11 is 6.02. The largest absolute Gasteiger partial charge is 0.495 e. The number of benzene rings is 2. The van der Waals surface area contributed by atoms with Gasteiger partial charge in [0.15, 0.2) is 0 Å². The monoisotopic (exact) mass is 336 g/mol. The molecule has 0 fully saturated rings. The Kier molecular flexibility index (Phi) is 5.96. The van der Waals surface area contributed by atoms with Gasteiger partial charge < -0.3 is 10.1 Å². The van der Waals surface area contributed by atoms with Gasteiger partial charge in [0.25, 0.3) is 0 Å². The Hall–Kier alpha value is -2.11. The average molecular weight is 337 g/mol. The Morgan fingerprint density at radius 3 is 2.57 bits per heavy atom. The molecule has 0 aliphatic carbocycles. The number of halogens is 2. The number of carbonyl (C=O) groups is 1. The lowest BCUT2D eigenvalue weighted by atomic mass is 10.2. The Morgan fingerprint density at radius 1 is 1.26 bits per heavy atom. The number of nitrogens with one attached hydrogen (secondary N) is 1. The van der Waals surface area contributed by atoms with Gasteiger partial charge in [-0.3, -0.25) is 9.69 Å². The van der Waals surface area contributed by atoms with Crippen LogP contribution in [0.5, 0.6) is 5.75 Å². The highest BCUT2D eigenvalue weighted by atomic mass is 35.5. The van der Waals surface area contributed by atoms with Crippen LogP contribution in [0.1, 0.15) is 5.56 Å². The van der Waals surface area contributed by atoms with E-state index in [1.54, 1.807) is 30.3 Å². The molecule has 23 heavy (non-hydrogen) atoms. The number of likely N-dealkylation sites (N-methyl/N-ethyl adjacent to an activating group) is 1. The second-order valence-corrected chi connectivity index (χ2v) is 5.60. The molecular weight excluding hydrogens is 319 g/mol. The maximum Gasteiger partial charge on any atom is 0.238 e. The molecule has 6 heteroatoms. The molecule has 0 aromatic heterocycles. The van der Waals surface area contributed by atoms with E-state index in [4.69, 9.17) is 16.3 Å².